The number of benzene rings is 5. The van der Waals surface area contributed by atoms with E-state index in [0.29, 0.717) is 90.4 Å². The highest BCUT2D eigenvalue weighted by molar-refractivity contribution is 9.11. The average Bonchev–Trinajstić information content (AvgIpc) is 1.69. The summed E-state index contributed by atoms with van der Waals surface area (Å²) in [5.41, 5.74) is 0.811. The molecule has 0 saturated carbocycles. The number of amides is 2. The summed E-state index contributed by atoms with van der Waals surface area (Å²) in [6.07, 6.45) is 2.97. The number of ether oxygens (including phenoxy) is 6. The number of carbonyl (C=O) groups is 3. The van der Waals surface area contributed by atoms with E-state index >= 15 is 4.39 Å². The van der Waals surface area contributed by atoms with Crippen molar-refractivity contribution in [1.29, 1.82) is 0 Å². The molecule has 0 spiro atoms. The number of fused-ring (bicyclic) bond motifs is 4. The Balaban J connectivity index is 0.000000139. The van der Waals surface area contributed by atoms with E-state index in [4.69, 9.17) is 43.2 Å². The van der Waals surface area contributed by atoms with E-state index < -0.39 is 34.5 Å². The van der Waals surface area contributed by atoms with Crippen molar-refractivity contribution >= 4 is 105 Å². The smallest absolute Gasteiger partial charge is 0.423 e. The summed E-state index contributed by atoms with van der Waals surface area (Å²) in [7, 11) is 0. The average molecular weight is 1430 g/mol. The molecule has 5 saturated heterocycles. The molecular formula is C65H68Br3F3N4O10S2. The van der Waals surface area contributed by atoms with Crippen LogP contribution in [0.2, 0.25) is 0 Å². The third kappa shape index (κ3) is 15.2. The molecule has 14 nitrogen and oxygen atoms in total. The van der Waals surface area contributed by atoms with Crippen molar-refractivity contribution in [3.63, 3.8) is 0 Å². The van der Waals surface area contributed by atoms with Crippen LogP contribution in [0.15, 0.2) is 144 Å². The second-order valence-corrected chi connectivity index (χ2v) is 28.2. The zero-order chi connectivity index (χ0) is 61.3. The molecule has 0 aliphatic carbocycles. The van der Waals surface area contributed by atoms with Gasteiger partial charge in [-0.25, -0.2) is 23.0 Å². The maximum atomic E-state index is 15.1. The minimum Gasteiger partial charge on any atom is -0.443 e. The topological polar surface area (TPSA) is 156 Å². The molecule has 0 aromatic heterocycles. The largest absolute Gasteiger partial charge is 0.443 e. The van der Waals surface area contributed by atoms with Crippen molar-refractivity contribution in [2.45, 2.75) is 75.0 Å². The molecule has 5 aromatic carbocycles. The molecule has 13 rings (SSSR count). The SMILES string of the molecule is C1C[C@H]2CON=C2CO1.CC(C)(C)OC(=O)N(C(=O)c1ccccc1)C1=N[C@@]2(c3cc(Br)ccc3F)COCC[C@H]2CS1.Fc1ccc(Br)cc1[C@]12COCC[C@H]1COC2.O=C(CC1=N[C@@]2(c3cc(Br)ccc3F)COCC[C@H]2CS1)c1ccccc1. The number of Topliss-reactive ketones (excluding diaryl/α,β-unsaturated/α-hetero) is 1. The summed E-state index contributed by atoms with van der Waals surface area (Å²) in [6.45, 7) is 11.8. The summed E-state index contributed by atoms with van der Waals surface area (Å²) in [4.78, 5) is 55.1. The summed E-state index contributed by atoms with van der Waals surface area (Å²) in [5, 5.41) is 4.77. The van der Waals surface area contributed by atoms with Crippen molar-refractivity contribution in [2.24, 2.45) is 38.8 Å². The molecular weight excluding hydrogens is 1360 g/mol. The molecule has 0 unspecified atom stereocenters. The second-order valence-electron chi connectivity index (χ2n) is 23.4. The molecule has 2 amide bonds. The molecule has 8 aliphatic rings. The number of halogens is 6. The molecule has 22 heteroatoms. The Kier molecular flexibility index (Phi) is 21.8. The zero-order valence-corrected chi connectivity index (χ0v) is 54.9. The van der Waals surface area contributed by atoms with Gasteiger partial charge in [0.25, 0.3) is 5.91 Å². The Morgan fingerprint density at radius 3 is 1.72 bits per heavy atom. The first-order valence-electron chi connectivity index (χ1n) is 29.0. The number of hydrogen-bond acceptors (Lipinski definition) is 15. The third-order valence-corrected chi connectivity index (χ3v) is 20.3. The molecule has 5 aromatic rings. The minimum atomic E-state index is -1.07. The van der Waals surface area contributed by atoms with E-state index in [-0.39, 0.29) is 52.9 Å². The predicted octanol–water partition coefficient (Wildman–Crippen LogP) is 14.5. The zero-order valence-electron chi connectivity index (χ0n) is 48.5. The molecule has 8 aliphatic heterocycles. The lowest BCUT2D eigenvalue weighted by molar-refractivity contribution is 0.00189. The molecule has 0 N–H and O–H groups in total. The number of rotatable bonds is 7. The van der Waals surface area contributed by atoms with Gasteiger partial charge in [0.15, 0.2) is 11.0 Å². The van der Waals surface area contributed by atoms with Crippen LogP contribution in [0.4, 0.5) is 18.0 Å². The molecule has 0 bridgehead atoms. The molecule has 8 heterocycles. The Morgan fingerprint density at radius 1 is 0.609 bits per heavy atom. The first kappa shape index (κ1) is 65.2. The maximum absolute atomic E-state index is 15.1. The number of nitrogens with zero attached hydrogens (tertiary/aromatic N) is 4. The number of oxime groups is 1. The van der Waals surface area contributed by atoms with Gasteiger partial charge in [-0.05, 0) is 119 Å². The van der Waals surface area contributed by atoms with Gasteiger partial charge in [0.2, 0.25) is 0 Å². The lowest BCUT2D eigenvalue weighted by Gasteiger charge is -2.45. The fourth-order valence-corrected chi connectivity index (χ4v) is 15.6. The van der Waals surface area contributed by atoms with Crippen LogP contribution < -0.4 is 0 Å². The molecule has 462 valence electrons. The van der Waals surface area contributed by atoms with Gasteiger partial charge >= 0.3 is 6.09 Å². The fourth-order valence-electron chi connectivity index (χ4n) is 11.9. The van der Waals surface area contributed by atoms with E-state index in [1.165, 1.54) is 30.0 Å². The van der Waals surface area contributed by atoms with Crippen LogP contribution in [-0.4, -0.2) is 128 Å². The Hall–Kier alpha value is -4.75. The standard InChI is InChI=1S/C25H26BrFN2O4S.C21H19BrFNO2S.C13H14BrFO2.C6H9NO2/c1-24(2,3)33-23(31)29(21(30)16-7-5-4-6-8-16)22-28-25(15-32-12-11-17(25)14-34-22)19-13-18(26)9-10-20(19)27;22-16-6-7-18(23)17(10-16)21-13-26-9-8-15(21)12-27-20(24-21)11-19(25)14-4-2-1-3-5-14;14-10-1-2-12(15)11(5-10)13-7-16-4-3-9(13)6-17-8-13;1-2-8-4-6-5(1)3-9-7-6/h4-10,13,17H,11-12,14-15H2,1-3H3;1-7,10,15H,8-9,11-13H2;1-2,5,9H,3-4,6-8H2;5H,1-4H2/t17-,25-;15-,21-;9-,13-;5-/m0000/s1. The monoisotopic (exact) mass is 1420 g/mol. The maximum Gasteiger partial charge on any atom is 0.423 e. The summed E-state index contributed by atoms with van der Waals surface area (Å²) < 4.78 is 79.8. The highest BCUT2D eigenvalue weighted by Gasteiger charge is 2.52. The highest BCUT2D eigenvalue weighted by atomic mass is 79.9. The van der Waals surface area contributed by atoms with Gasteiger partial charge in [-0.3, -0.25) is 14.6 Å². The number of ketones is 1. The van der Waals surface area contributed by atoms with Gasteiger partial charge in [-0.2, -0.15) is 4.90 Å². The van der Waals surface area contributed by atoms with E-state index in [1.807, 2.05) is 36.4 Å². The van der Waals surface area contributed by atoms with Crippen molar-refractivity contribution < 1.29 is 60.8 Å². The van der Waals surface area contributed by atoms with Crippen LogP contribution in [0.5, 0.6) is 0 Å². The lowest BCUT2D eigenvalue weighted by Crippen LogP contribution is -2.51. The van der Waals surface area contributed by atoms with Gasteiger partial charge in [0.05, 0.1) is 62.2 Å². The number of thioether (sulfide) groups is 2. The predicted molar refractivity (Wildman–Crippen MR) is 341 cm³/mol. The van der Waals surface area contributed by atoms with E-state index in [2.05, 4.69) is 52.9 Å². The number of imide groups is 1. The number of aliphatic imine (C=N–C) groups is 2. The van der Waals surface area contributed by atoms with Crippen LogP contribution in [0.1, 0.15) is 90.3 Å². The molecule has 7 atom stereocenters. The highest BCUT2D eigenvalue weighted by Crippen LogP contribution is 2.49. The first-order valence-corrected chi connectivity index (χ1v) is 33.3. The fraction of sp³-hybridized carbons (Fsp3) is 0.446. The normalized spacial score (nSPS) is 26.2. The van der Waals surface area contributed by atoms with E-state index in [9.17, 15) is 23.2 Å². The lowest BCUT2D eigenvalue weighted by atomic mass is 9.70. The summed E-state index contributed by atoms with van der Waals surface area (Å²) >= 11 is 13.2. The van der Waals surface area contributed by atoms with E-state index in [0.717, 1.165) is 81.6 Å². The van der Waals surface area contributed by atoms with Crippen LogP contribution in [0.3, 0.4) is 0 Å². The van der Waals surface area contributed by atoms with Gasteiger partial charge in [0, 0.05) is 96.9 Å². The Morgan fingerprint density at radius 2 is 1.13 bits per heavy atom. The molecule has 87 heavy (non-hydrogen) atoms. The van der Waals surface area contributed by atoms with E-state index in [1.54, 1.807) is 93.2 Å². The van der Waals surface area contributed by atoms with Gasteiger partial charge in [0.1, 0.15) is 40.7 Å². The van der Waals surface area contributed by atoms with Crippen LogP contribution in [0, 0.1) is 41.1 Å². The van der Waals surface area contributed by atoms with Crippen molar-refractivity contribution in [3.8, 4) is 0 Å². The first-order chi connectivity index (χ1) is 41.9. The molecule has 5 fully saturated rings. The third-order valence-electron chi connectivity index (χ3n) is 16.6. The van der Waals surface area contributed by atoms with Crippen molar-refractivity contribution in [3.05, 3.63) is 174 Å². The summed E-state index contributed by atoms with van der Waals surface area (Å²) in [5.74, 6) is 1.11. The minimum absolute atomic E-state index is 0.0221. The second kappa shape index (κ2) is 29.0. The quantitative estimate of drug-likeness (QED) is 0.142. The van der Waals surface area contributed by atoms with Crippen molar-refractivity contribution in [1.82, 2.24) is 4.90 Å². The van der Waals surface area contributed by atoms with Crippen LogP contribution in [-0.2, 0) is 49.8 Å². The number of amidine groups is 1. The van der Waals surface area contributed by atoms with Crippen LogP contribution in [0.25, 0.3) is 0 Å². The van der Waals surface area contributed by atoms with Gasteiger partial charge in [-0.1, -0.05) is 113 Å². The number of hydrogen-bond donors (Lipinski definition) is 0. The summed E-state index contributed by atoms with van der Waals surface area (Å²) in [6, 6.07) is 32.5. The van der Waals surface area contributed by atoms with Gasteiger partial charge in [-0.15, -0.1) is 11.8 Å². The molecule has 0 radical (unpaired) electrons. The Labute approximate surface area is 538 Å². The van der Waals surface area contributed by atoms with Crippen LogP contribution >= 0.6 is 71.3 Å². The van der Waals surface area contributed by atoms with Crippen molar-refractivity contribution in [2.75, 3.05) is 84.2 Å². The number of carbonyl (C=O) groups excluding carboxylic acids is 3. The van der Waals surface area contributed by atoms with Gasteiger partial charge < -0.3 is 33.3 Å². The Bertz CT molecular complexity index is 3390.